The average molecular weight is 392 g/mol. The highest BCUT2D eigenvalue weighted by molar-refractivity contribution is 6.07. The third-order valence-corrected chi connectivity index (χ3v) is 6.05. The number of para-hydroxylation sites is 1. The van der Waals surface area contributed by atoms with Crippen LogP contribution >= 0.6 is 0 Å². The van der Waals surface area contributed by atoms with Crippen molar-refractivity contribution < 1.29 is 9.59 Å². The molecule has 2 aliphatic rings. The Bertz CT molecular complexity index is 872. The Hall–Kier alpha value is -2.66. The van der Waals surface area contributed by atoms with Crippen molar-refractivity contribution in [2.45, 2.75) is 38.6 Å². The first-order chi connectivity index (χ1) is 14.1. The lowest BCUT2D eigenvalue weighted by molar-refractivity contribution is -0.120. The highest BCUT2D eigenvalue weighted by Crippen LogP contribution is 2.27. The fourth-order valence-corrected chi connectivity index (χ4v) is 4.34. The van der Waals surface area contributed by atoms with Crippen molar-refractivity contribution in [3.8, 4) is 0 Å². The van der Waals surface area contributed by atoms with Crippen LogP contribution in [-0.4, -0.2) is 36.9 Å². The summed E-state index contributed by atoms with van der Waals surface area (Å²) in [4.78, 5) is 29.8. The molecule has 2 amide bonds. The van der Waals surface area contributed by atoms with E-state index in [-0.39, 0.29) is 17.7 Å². The number of amides is 2. The van der Waals surface area contributed by atoms with Crippen molar-refractivity contribution in [2.24, 2.45) is 5.92 Å². The SMILES string of the molecule is CN1CCN(C(=O)c2ccc(NC(=O)C3CCCCC3)cc2)c2ccccc2C1. The topological polar surface area (TPSA) is 52.6 Å². The molecule has 2 aromatic rings. The van der Waals surface area contributed by atoms with Gasteiger partial charge in [0.25, 0.3) is 5.91 Å². The van der Waals surface area contributed by atoms with Crippen LogP contribution in [0.4, 0.5) is 11.4 Å². The van der Waals surface area contributed by atoms with Crippen molar-refractivity contribution in [1.29, 1.82) is 0 Å². The van der Waals surface area contributed by atoms with Gasteiger partial charge >= 0.3 is 0 Å². The fraction of sp³-hybridized carbons (Fsp3) is 0.417. The summed E-state index contributed by atoms with van der Waals surface area (Å²) in [5, 5.41) is 3.02. The molecule has 2 aromatic carbocycles. The number of nitrogens with zero attached hydrogens (tertiary/aromatic N) is 2. The highest BCUT2D eigenvalue weighted by atomic mass is 16.2. The molecule has 0 spiro atoms. The monoisotopic (exact) mass is 391 g/mol. The Balaban J connectivity index is 1.47. The predicted molar refractivity (Wildman–Crippen MR) is 116 cm³/mol. The van der Waals surface area contributed by atoms with Crippen molar-refractivity contribution in [2.75, 3.05) is 30.4 Å². The van der Waals surface area contributed by atoms with Gasteiger partial charge in [0.1, 0.15) is 0 Å². The summed E-state index contributed by atoms with van der Waals surface area (Å²) in [5.41, 5.74) is 3.54. The van der Waals surface area contributed by atoms with Gasteiger partial charge in [0.15, 0.2) is 0 Å². The molecule has 5 nitrogen and oxygen atoms in total. The lowest BCUT2D eigenvalue weighted by atomic mass is 9.88. The van der Waals surface area contributed by atoms with Crippen LogP contribution in [0.3, 0.4) is 0 Å². The summed E-state index contributed by atoms with van der Waals surface area (Å²) < 4.78 is 0. The summed E-state index contributed by atoms with van der Waals surface area (Å²) >= 11 is 0. The summed E-state index contributed by atoms with van der Waals surface area (Å²) in [6.45, 7) is 2.33. The van der Waals surface area contributed by atoms with Crippen LogP contribution in [-0.2, 0) is 11.3 Å². The highest BCUT2D eigenvalue weighted by Gasteiger charge is 2.24. The predicted octanol–water partition coefficient (Wildman–Crippen LogP) is 4.30. The molecular formula is C24H29N3O2. The number of anilines is 2. The summed E-state index contributed by atoms with van der Waals surface area (Å²) in [5.74, 6) is 0.224. The number of nitrogens with one attached hydrogen (secondary N) is 1. The van der Waals surface area contributed by atoms with E-state index in [0.29, 0.717) is 12.1 Å². The number of fused-ring (bicyclic) bond motifs is 1. The molecule has 152 valence electrons. The Morgan fingerprint density at radius 3 is 2.41 bits per heavy atom. The molecule has 0 atom stereocenters. The van der Waals surface area contributed by atoms with E-state index in [9.17, 15) is 9.59 Å². The number of benzene rings is 2. The van der Waals surface area contributed by atoms with E-state index in [1.807, 2.05) is 47.4 Å². The number of hydrogen-bond acceptors (Lipinski definition) is 3. The second-order valence-electron chi connectivity index (χ2n) is 8.22. The van der Waals surface area contributed by atoms with Gasteiger partial charge in [-0.15, -0.1) is 0 Å². The van der Waals surface area contributed by atoms with Crippen molar-refractivity contribution in [3.63, 3.8) is 0 Å². The summed E-state index contributed by atoms with van der Waals surface area (Å²) in [7, 11) is 2.08. The molecule has 1 saturated carbocycles. The van der Waals surface area contributed by atoms with E-state index in [1.54, 1.807) is 0 Å². The second kappa shape index (κ2) is 8.78. The van der Waals surface area contributed by atoms with Gasteiger partial charge in [0, 0.05) is 42.5 Å². The van der Waals surface area contributed by atoms with E-state index < -0.39 is 0 Å². The molecule has 1 aliphatic heterocycles. The average Bonchev–Trinajstić information content (AvgIpc) is 2.92. The van der Waals surface area contributed by atoms with Crippen LogP contribution < -0.4 is 10.2 Å². The molecule has 1 heterocycles. The Labute approximate surface area is 172 Å². The first-order valence-electron chi connectivity index (χ1n) is 10.6. The lowest BCUT2D eigenvalue weighted by Crippen LogP contribution is -2.35. The number of hydrogen-bond donors (Lipinski definition) is 1. The Morgan fingerprint density at radius 2 is 1.66 bits per heavy atom. The van der Waals surface area contributed by atoms with Gasteiger partial charge in [-0.25, -0.2) is 0 Å². The minimum Gasteiger partial charge on any atom is -0.326 e. The van der Waals surface area contributed by atoms with Crippen molar-refractivity contribution in [1.82, 2.24) is 4.90 Å². The molecule has 0 bridgehead atoms. The maximum atomic E-state index is 13.2. The van der Waals surface area contributed by atoms with Gasteiger partial charge in [-0.1, -0.05) is 37.5 Å². The van der Waals surface area contributed by atoms with Gasteiger partial charge in [0.05, 0.1) is 0 Å². The zero-order valence-electron chi connectivity index (χ0n) is 17.1. The molecule has 29 heavy (non-hydrogen) atoms. The molecule has 5 heteroatoms. The quantitative estimate of drug-likeness (QED) is 0.849. The molecule has 0 unspecified atom stereocenters. The van der Waals surface area contributed by atoms with Crippen LogP contribution in [0.5, 0.6) is 0 Å². The normalized spacial score (nSPS) is 18.0. The van der Waals surface area contributed by atoms with E-state index in [4.69, 9.17) is 0 Å². The molecule has 0 aromatic heterocycles. The maximum absolute atomic E-state index is 13.2. The minimum atomic E-state index is -0.00194. The van der Waals surface area contributed by atoms with E-state index >= 15 is 0 Å². The van der Waals surface area contributed by atoms with Crippen LogP contribution in [0, 0.1) is 5.92 Å². The zero-order chi connectivity index (χ0) is 20.2. The molecule has 1 fully saturated rings. The number of rotatable bonds is 3. The standard InChI is InChI=1S/C24H29N3O2/c1-26-15-16-27(22-10-6-5-9-20(22)17-26)24(29)19-11-13-21(14-12-19)25-23(28)18-7-3-2-4-8-18/h5-6,9-14,18H,2-4,7-8,15-17H2,1H3,(H,25,28). The fourth-order valence-electron chi connectivity index (χ4n) is 4.34. The molecule has 4 rings (SSSR count). The van der Waals surface area contributed by atoms with Crippen molar-refractivity contribution >= 4 is 23.2 Å². The van der Waals surface area contributed by atoms with Crippen LogP contribution in [0.2, 0.25) is 0 Å². The smallest absolute Gasteiger partial charge is 0.258 e. The molecule has 0 radical (unpaired) electrons. The van der Waals surface area contributed by atoms with E-state index in [1.165, 1.54) is 6.42 Å². The van der Waals surface area contributed by atoms with Crippen LogP contribution in [0.15, 0.2) is 48.5 Å². The van der Waals surface area contributed by atoms with Gasteiger partial charge in [-0.05, 0) is 55.8 Å². The Kier molecular flexibility index (Phi) is 5.95. The lowest BCUT2D eigenvalue weighted by Gasteiger charge is -2.23. The summed E-state index contributed by atoms with van der Waals surface area (Å²) in [6.07, 6.45) is 5.46. The third-order valence-electron chi connectivity index (χ3n) is 6.05. The molecular weight excluding hydrogens is 362 g/mol. The third kappa shape index (κ3) is 4.51. The van der Waals surface area contributed by atoms with Gasteiger partial charge < -0.3 is 15.1 Å². The van der Waals surface area contributed by atoms with Crippen LogP contribution in [0.25, 0.3) is 0 Å². The summed E-state index contributed by atoms with van der Waals surface area (Å²) in [6, 6.07) is 15.4. The number of carbonyl (C=O) groups is 2. The second-order valence-corrected chi connectivity index (χ2v) is 8.22. The molecule has 1 N–H and O–H groups in total. The zero-order valence-corrected chi connectivity index (χ0v) is 17.1. The molecule has 1 aliphatic carbocycles. The number of likely N-dealkylation sites (N-methyl/N-ethyl adjacent to an activating group) is 1. The van der Waals surface area contributed by atoms with Crippen LogP contribution in [0.1, 0.15) is 48.0 Å². The van der Waals surface area contributed by atoms with Gasteiger partial charge in [-0.2, -0.15) is 0 Å². The minimum absolute atomic E-state index is 0.00194. The molecule has 0 saturated heterocycles. The van der Waals surface area contributed by atoms with Crippen molar-refractivity contribution in [3.05, 3.63) is 59.7 Å². The largest absolute Gasteiger partial charge is 0.326 e. The first kappa shape index (κ1) is 19.6. The Morgan fingerprint density at radius 1 is 0.931 bits per heavy atom. The maximum Gasteiger partial charge on any atom is 0.258 e. The van der Waals surface area contributed by atoms with E-state index in [2.05, 4.69) is 23.3 Å². The van der Waals surface area contributed by atoms with Gasteiger partial charge in [-0.3, -0.25) is 9.59 Å². The van der Waals surface area contributed by atoms with E-state index in [0.717, 1.165) is 55.7 Å². The number of carbonyl (C=O) groups excluding carboxylic acids is 2. The first-order valence-corrected chi connectivity index (χ1v) is 10.6. The van der Waals surface area contributed by atoms with Gasteiger partial charge in [0.2, 0.25) is 5.91 Å².